The van der Waals surface area contributed by atoms with E-state index < -0.39 is 11.4 Å². The normalized spacial score (nSPS) is 26.6. The van der Waals surface area contributed by atoms with E-state index in [9.17, 15) is 4.39 Å². The maximum absolute atomic E-state index is 14.5. The van der Waals surface area contributed by atoms with E-state index >= 15 is 0 Å². The zero-order valence-electron chi connectivity index (χ0n) is 17.1. The van der Waals surface area contributed by atoms with Crippen molar-refractivity contribution < 1.29 is 23.3 Å². The summed E-state index contributed by atoms with van der Waals surface area (Å²) >= 11 is 1.53. The molecule has 0 spiro atoms. The zero-order chi connectivity index (χ0) is 20.5. The summed E-state index contributed by atoms with van der Waals surface area (Å²) in [5, 5.41) is 0. The Balaban J connectivity index is 1.56. The maximum atomic E-state index is 14.5. The summed E-state index contributed by atoms with van der Waals surface area (Å²) in [6, 6.07) is 13.2. The van der Waals surface area contributed by atoms with Crippen LogP contribution < -0.4 is 0 Å². The second-order valence-electron chi connectivity index (χ2n) is 7.78. The van der Waals surface area contributed by atoms with Crippen molar-refractivity contribution in [3.05, 3.63) is 59.4 Å². The Labute approximate surface area is 175 Å². The maximum Gasteiger partial charge on any atom is 0.192 e. The van der Waals surface area contributed by atoms with E-state index in [-0.39, 0.29) is 11.9 Å². The van der Waals surface area contributed by atoms with Gasteiger partial charge in [-0.1, -0.05) is 23.9 Å². The number of hydrogen-bond donors (Lipinski definition) is 0. The average Bonchev–Trinajstić information content (AvgIpc) is 3.15. The van der Waals surface area contributed by atoms with Crippen LogP contribution in [-0.4, -0.2) is 33.0 Å². The first kappa shape index (κ1) is 20.8. The molecule has 0 aliphatic carbocycles. The molecule has 0 amide bonds. The van der Waals surface area contributed by atoms with Gasteiger partial charge in [0.15, 0.2) is 5.79 Å². The lowest BCUT2D eigenvalue weighted by Gasteiger charge is -2.39. The third-order valence-corrected chi connectivity index (χ3v) is 6.75. The predicted molar refractivity (Wildman–Crippen MR) is 110 cm³/mol. The molecule has 0 bridgehead atoms. The molecule has 0 N–H and O–H groups in total. The molecule has 2 fully saturated rings. The van der Waals surface area contributed by atoms with Crippen molar-refractivity contribution in [2.24, 2.45) is 0 Å². The Morgan fingerprint density at radius 2 is 1.72 bits per heavy atom. The first-order chi connectivity index (χ1) is 13.9. The van der Waals surface area contributed by atoms with E-state index in [1.165, 1.54) is 11.8 Å². The number of halogens is 1. The summed E-state index contributed by atoms with van der Waals surface area (Å²) in [5.74, 6) is -0.933. The highest BCUT2D eigenvalue weighted by Crippen LogP contribution is 2.41. The van der Waals surface area contributed by atoms with Gasteiger partial charge in [0.2, 0.25) is 0 Å². The summed E-state index contributed by atoms with van der Waals surface area (Å²) in [6.45, 7) is 5.77. The number of rotatable bonds is 5. The third-order valence-electron chi connectivity index (χ3n) is 5.77. The molecule has 29 heavy (non-hydrogen) atoms. The van der Waals surface area contributed by atoms with Crippen molar-refractivity contribution in [3.8, 4) is 0 Å². The van der Waals surface area contributed by atoms with Crippen molar-refractivity contribution in [3.63, 3.8) is 0 Å². The smallest absolute Gasteiger partial charge is 0.192 e. The molecule has 156 valence electrons. The van der Waals surface area contributed by atoms with E-state index in [0.717, 1.165) is 20.9 Å². The second-order valence-corrected chi connectivity index (χ2v) is 8.93. The molecule has 4 nitrogen and oxygen atoms in total. The average molecular weight is 419 g/mol. The van der Waals surface area contributed by atoms with E-state index in [1.54, 1.807) is 19.2 Å². The Kier molecular flexibility index (Phi) is 6.00. The fourth-order valence-electron chi connectivity index (χ4n) is 4.14. The molecule has 2 aliphatic rings. The molecule has 2 aromatic carbocycles. The van der Waals surface area contributed by atoms with Gasteiger partial charge in [-0.2, -0.15) is 0 Å². The van der Waals surface area contributed by atoms with Crippen molar-refractivity contribution in [2.45, 2.75) is 54.0 Å². The van der Waals surface area contributed by atoms with Crippen LogP contribution in [0.15, 0.2) is 52.3 Å². The van der Waals surface area contributed by atoms with Crippen LogP contribution in [0.2, 0.25) is 0 Å². The minimum Gasteiger partial charge on any atom is -0.378 e. The lowest BCUT2D eigenvalue weighted by Crippen LogP contribution is -2.39. The van der Waals surface area contributed by atoms with Crippen LogP contribution in [0.5, 0.6) is 0 Å². The summed E-state index contributed by atoms with van der Waals surface area (Å²) in [7, 11) is 1.70. The van der Waals surface area contributed by atoms with Crippen LogP contribution in [0.1, 0.15) is 37.8 Å². The highest BCUT2D eigenvalue weighted by Gasteiger charge is 2.38. The van der Waals surface area contributed by atoms with Crippen molar-refractivity contribution in [2.75, 3.05) is 26.9 Å². The van der Waals surface area contributed by atoms with E-state index in [2.05, 4.69) is 0 Å². The van der Waals surface area contributed by atoms with Crippen LogP contribution in [0.3, 0.4) is 0 Å². The molecule has 2 aliphatic heterocycles. The molecule has 0 radical (unpaired) electrons. The molecule has 0 aromatic heterocycles. The molecule has 2 heterocycles. The number of hydrogen-bond acceptors (Lipinski definition) is 5. The minimum atomic E-state index is -0.681. The van der Waals surface area contributed by atoms with Crippen molar-refractivity contribution in [1.82, 2.24) is 0 Å². The summed E-state index contributed by atoms with van der Waals surface area (Å²) in [5.41, 5.74) is 1.34. The van der Waals surface area contributed by atoms with Gasteiger partial charge in [0.1, 0.15) is 5.82 Å². The van der Waals surface area contributed by atoms with Gasteiger partial charge in [0.25, 0.3) is 0 Å². The van der Waals surface area contributed by atoms with Crippen LogP contribution in [-0.2, 0) is 30.3 Å². The van der Waals surface area contributed by atoms with Gasteiger partial charge < -0.3 is 18.9 Å². The topological polar surface area (TPSA) is 36.9 Å². The molecule has 6 heteroatoms. The van der Waals surface area contributed by atoms with E-state index in [1.807, 2.05) is 44.2 Å². The van der Waals surface area contributed by atoms with Gasteiger partial charge in [0, 0.05) is 35.3 Å². The third kappa shape index (κ3) is 4.37. The van der Waals surface area contributed by atoms with Crippen molar-refractivity contribution in [1.29, 1.82) is 0 Å². The first-order valence-corrected chi connectivity index (χ1v) is 10.8. The quantitative estimate of drug-likeness (QED) is 0.664. The largest absolute Gasteiger partial charge is 0.378 e. The van der Waals surface area contributed by atoms with Crippen molar-refractivity contribution >= 4 is 11.8 Å². The van der Waals surface area contributed by atoms with Gasteiger partial charge >= 0.3 is 0 Å². The SMILES string of the molecule is CO[C@]1(c2cc(F)cc(Sc3ccc(C4(C)OCCO4)cc3)c2)CCO[C@@H](C)C1. The summed E-state index contributed by atoms with van der Waals surface area (Å²) in [4.78, 5) is 1.88. The highest BCUT2D eigenvalue weighted by atomic mass is 32.2. The molecule has 4 rings (SSSR count). The number of benzene rings is 2. The van der Waals surface area contributed by atoms with Crippen LogP contribution >= 0.6 is 11.8 Å². The molecule has 2 saturated heterocycles. The van der Waals surface area contributed by atoms with Gasteiger partial charge in [0.05, 0.1) is 31.5 Å². The zero-order valence-corrected chi connectivity index (χ0v) is 17.9. The summed E-state index contributed by atoms with van der Waals surface area (Å²) < 4.78 is 37.5. The van der Waals surface area contributed by atoms with Gasteiger partial charge in [-0.25, -0.2) is 4.39 Å². The van der Waals surface area contributed by atoms with Gasteiger partial charge in [-0.05, 0) is 49.7 Å². The lowest BCUT2D eigenvalue weighted by atomic mass is 9.83. The van der Waals surface area contributed by atoms with Gasteiger partial charge in [-0.3, -0.25) is 0 Å². The molecule has 0 saturated carbocycles. The molecular weight excluding hydrogens is 391 g/mol. The van der Waals surface area contributed by atoms with Crippen LogP contribution in [0.4, 0.5) is 4.39 Å². The second kappa shape index (κ2) is 8.36. The number of ether oxygens (including phenoxy) is 4. The minimum absolute atomic E-state index is 0.0806. The lowest BCUT2D eigenvalue weighted by molar-refractivity contribution is -0.149. The Bertz CT molecular complexity index is 850. The summed E-state index contributed by atoms with van der Waals surface area (Å²) in [6.07, 6.45) is 1.51. The molecule has 2 atom stereocenters. The monoisotopic (exact) mass is 418 g/mol. The Morgan fingerprint density at radius 3 is 2.38 bits per heavy atom. The highest BCUT2D eigenvalue weighted by molar-refractivity contribution is 7.99. The van der Waals surface area contributed by atoms with Crippen LogP contribution in [0.25, 0.3) is 0 Å². The Hall–Kier alpha value is -1.44. The Morgan fingerprint density at radius 1 is 1.00 bits per heavy atom. The molecular formula is C23H27FO4S. The predicted octanol–water partition coefficient (Wildman–Crippen LogP) is 5.24. The van der Waals surface area contributed by atoms with Gasteiger partial charge in [-0.15, -0.1) is 0 Å². The van der Waals surface area contributed by atoms with Crippen LogP contribution in [0, 0.1) is 5.82 Å². The molecule has 2 aromatic rings. The molecule has 0 unspecified atom stereocenters. The first-order valence-electron chi connectivity index (χ1n) is 9.97. The van der Waals surface area contributed by atoms with E-state index in [4.69, 9.17) is 18.9 Å². The fraction of sp³-hybridized carbons (Fsp3) is 0.478. The number of methoxy groups -OCH3 is 1. The fourth-order valence-corrected chi connectivity index (χ4v) is 5.05. The van der Waals surface area contributed by atoms with E-state index in [0.29, 0.717) is 32.7 Å². The standard InChI is InChI=1S/C23H27FO4S/c1-16-15-23(25-3,8-9-26-16)18-12-19(24)14-21(13-18)29-20-6-4-17(5-7-20)22(2)27-10-11-28-22/h4-7,12-14,16H,8-11,15H2,1-3H3/t16-,23+/m0/s1.